The number of phenolic OH excluding ortho intramolecular Hbond substituents is 1. The third kappa shape index (κ3) is 2.57. The van der Waals surface area contributed by atoms with Crippen LogP contribution in [0.4, 0.5) is 5.69 Å². The van der Waals surface area contributed by atoms with Gasteiger partial charge in [-0.2, -0.15) is 0 Å². The van der Waals surface area contributed by atoms with Crippen LogP contribution in [0.1, 0.15) is 25.3 Å². The van der Waals surface area contributed by atoms with Gasteiger partial charge in [-0.1, -0.05) is 0 Å². The highest BCUT2D eigenvalue weighted by Crippen LogP contribution is 2.38. The van der Waals surface area contributed by atoms with E-state index in [-0.39, 0.29) is 16.4 Å². The molecule has 0 saturated carbocycles. The van der Waals surface area contributed by atoms with E-state index in [1.54, 1.807) is 30.0 Å². The highest BCUT2D eigenvalue weighted by Gasteiger charge is 2.37. The number of hydrogen-bond donors (Lipinski definition) is 2. The Bertz CT molecular complexity index is 439. The maximum absolute atomic E-state index is 12.1. The first-order chi connectivity index (χ1) is 8.01. The molecule has 1 amide bonds. The van der Waals surface area contributed by atoms with Crippen molar-refractivity contribution in [1.82, 2.24) is 0 Å². The molecule has 1 aromatic rings. The summed E-state index contributed by atoms with van der Waals surface area (Å²) in [7, 11) is 0. The first-order valence-electron chi connectivity index (χ1n) is 5.76. The minimum Gasteiger partial charge on any atom is -0.508 e. The van der Waals surface area contributed by atoms with Gasteiger partial charge >= 0.3 is 0 Å². The Morgan fingerprint density at radius 2 is 2.29 bits per heavy atom. The van der Waals surface area contributed by atoms with E-state index in [0.29, 0.717) is 0 Å². The number of hydrogen-bond acceptors (Lipinski definition) is 3. The highest BCUT2D eigenvalue weighted by atomic mass is 32.2. The molecular formula is C13H17NO2S. The number of benzene rings is 1. The molecule has 2 N–H and O–H groups in total. The maximum Gasteiger partial charge on any atom is 0.240 e. The lowest BCUT2D eigenvalue weighted by Gasteiger charge is -2.21. The molecule has 0 bridgehead atoms. The average molecular weight is 251 g/mol. The van der Waals surface area contributed by atoms with Gasteiger partial charge in [0.25, 0.3) is 0 Å². The van der Waals surface area contributed by atoms with Crippen molar-refractivity contribution < 1.29 is 9.90 Å². The normalized spacial score (nSPS) is 23.6. The molecule has 0 radical (unpaired) electrons. The summed E-state index contributed by atoms with van der Waals surface area (Å²) in [5.41, 5.74) is 1.52. The fourth-order valence-electron chi connectivity index (χ4n) is 1.95. The number of rotatable bonds is 2. The van der Waals surface area contributed by atoms with Crippen LogP contribution in [0.2, 0.25) is 0 Å². The van der Waals surface area contributed by atoms with E-state index in [0.717, 1.165) is 29.8 Å². The summed E-state index contributed by atoms with van der Waals surface area (Å²) in [6, 6.07) is 5.12. The monoisotopic (exact) mass is 251 g/mol. The molecule has 4 heteroatoms. The Morgan fingerprint density at radius 3 is 2.88 bits per heavy atom. The van der Waals surface area contributed by atoms with E-state index in [9.17, 15) is 9.90 Å². The molecule has 1 aliphatic rings. The van der Waals surface area contributed by atoms with E-state index in [4.69, 9.17) is 0 Å². The molecule has 1 heterocycles. The first kappa shape index (κ1) is 12.3. The molecule has 3 nitrogen and oxygen atoms in total. The molecule has 1 aliphatic heterocycles. The van der Waals surface area contributed by atoms with Gasteiger partial charge in [-0.25, -0.2) is 0 Å². The van der Waals surface area contributed by atoms with Crippen LogP contribution in [0.15, 0.2) is 18.2 Å². The quantitative estimate of drug-likeness (QED) is 0.795. The van der Waals surface area contributed by atoms with E-state index in [1.807, 2.05) is 13.8 Å². The van der Waals surface area contributed by atoms with Crippen molar-refractivity contribution in [2.24, 2.45) is 0 Å². The summed E-state index contributed by atoms with van der Waals surface area (Å²) in [6.07, 6.45) is 2.03. The molecular weight excluding hydrogens is 234 g/mol. The Morgan fingerprint density at radius 1 is 1.53 bits per heavy atom. The standard InChI is InChI=1S/C13H17NO2S/c1-9-8-10(4-5-11(9)15)14-12(16)13(2)6-3-7-17-13/h4-5,8,15H,3,6-7H2,1-2H3,(H,14,16). The number of aromatic hydroxyl groups is 1. The summed E-state index contributed by atoms with van der Waals surface area (Å²) in [4.78, 5) is 12.1. The van der Waals surface area contributed by atoms with Gasteiger partial charge in [-0.05, 0) is 56.2 Å². The number of amides is 1. The summed E-state index contributed by atoms with van der Waals surface area (Å²) < 4.78 is -0.300. The van der Waals surface area contributed by atoms with Crippen LogP contribution >= 0.6 is 11.8 Å². The van der Waals surface area contributed by atoms with Crippen molar-refractivity contribution in [3.8, 4) is 5.75 Å². The predicted molar refractivity (Wildman–Crippen MR) is 71.6 cm³/mol. The van der Waals surface area contributed by atoms with Crippen LogP contribution < -0.4 is 5.32 Å². The van der Waals surface area contributed by atoms with Gasteiger partial charge in [-0.15, -0.1) is 11.8 Å². The molecule has 1 atom stereocenters. The number of nitrogens with one attached hydrogen (secondary N) is 1. The molecule has 1 saturated heterocycles. The second-order valence-electron chi connectivity index (χ2n) is 4.64. The fraction of sp³-hybridized carbons (Fsp3) is 0.462. The van der Waals surface area contributed by atoms with Crippen LogP contribution in [0, 0.1) is 6.92 Å². The first-order valence-corrected chi connectivity index (χ1v) is 6.75. The van der Waals surface area contributed by atoms with Crippen molar-refractivity contribution in [1.29, 1.82) is 0 Å². The van der Waals surface area contributed by atoms with Crippen LogP contribution in [0.5, 0.6) is 5.75 Å². The van der Waals surface area contributed by atoms with Crippen molar-refractivity contribution in [2.45, 2.75) is 31.4 Å². The number of thioether (sulfide) groups is 1. The molecule has 0 spiro atoms. The van der Waals surface area contributed by atoms with Crippen molar-refractivity contribution >= 4 is 23.4 Å². The van der Waals surface area contributed by atoms with Crippen molar-refractivity contribution in [2.75, 3.05) is 11.1 Å². The molecule has 2 rings (SSSR count). The van der Waals surface area contributed by atoms with Crippen LogP contribution in [-0.2, 0) is 4.79 Å². The summed E-state index contributed by atoms with van der Waals surface area (Å²) in [5.74, 6) is 1.37. The smallest absolute Gasteiger partial charge is 0.240 e. The Hall–Kier alpha value is -1.16. The van der Waals surface area contributed by atoms with Gasteiger partial charge in [0.1, 0.15) is 5.75 Å². The topological polar surface area (TPSA) is 49.3 Å². The molecule has 1 aromatic carbocycles. The molecule has 92 valence electrons. The maximum atomic E-state index is 12.1. The van der Waals surface area contributed by atoms with Crippen molar-refractivity contribution in [3.05, 3.63) is 23.8 Å². The SMILES string of the molecule is Cc1cc(NC(=O)C2(C)CCCS2)ccc1O. The van der Waals surface area contributed by atoms with Crippen molar-refractivity contribution in [3.63, 3.8) is 0 Å². The highest BCUT2D eigenvalue weighted by molar-refractivity contribution is 8.01. The minimum atomic E-state index is -0.300. The molecule has 17 heavy (non-hydrogen) atoms. The van der Waals surface area contributed by atoms with Crippen LogP contribution in [0.25, 0.3) is 0 Å². The van der Waals surface area contributed by atoms with Gasteiger partial charge < -0.3 is 10.4 Å². The number of carbonyl (C=O) groups excluding carboxylic acids is 1. The number of carbonyl (C=O) groups is 1. The Kier molecular flexibility index (Phi) is 3.33. The number of anilines is 1. The lowest BCUT2D eigenvalue weighted by atomic mass is 10.0. The summed E-state index contributed by atoms with van der Waals surface area (Å²) in [6.45, 7) is 3.81. The Labute approximate surface area is 106 Å². The second-order valence-corrected chi connectivity index (χ2v) is 6.24. The lowest BCUT2D eigenvalue weighted by Crippen LogP contribution is -2.34. The molecule has 0 aromatic heterocycles. The lowest BCUT2D eigenvalue weighted by molar-refractivity contribution is -0.118. The zero-order valence-corrected chi connectivity index (χ0v) is 10.9. The number of aryl methyl sites for hydroxylation is 1. The molecule has 0 aliphatic carbocycles. The van der Waals surface area contributed by atoms with Gasteiger partial charge in [0, 0.05) is 5.69 Å². The number of phenols is 1. The minimum absolute atomic E-state index is 0.0603. The average Bonchev–Trinajstić information content (AvgIpc) is 2.72. The second kappa shape index (κ2) is 4.61. The third-order valence-electron chi connectivity index (χ3n) is 3.15. The Balaban J connectivity index is 2.10. The van der Waals surface area contributed by atoms with E-state index in [2.05, 4.69) is 5.32 Å². The zero-order valence-electron chi connectivity index (χ0n) is 10.1. The zero-order chi connectivity index (χ0) is 12.5. The van der Waals surface area contributed by atoms with E-state index >= 15 is 0 Å². The van der Waals surface area contributed by atoms with Gasteiger partial charge in [0.05, 0.1) is 4.75 Å². The van der Waals surface area contributed by atoms with Gasteiger partial charge in [0.2, 0.25) is 5.91 Å². The molecule has 1 unspecified atom stereocenters. The van der Waals surface area contributed by atoms with Gasteiger partial charge in [0.15, 0.2) is 0 Å². The molecule has 1 fully saturated rings. The van der Waals surface area contributed by atoms with Crippen LogP contribution in [0.3, 0.4) is 0 Å². The largest absolute Gasteiger partial charge is 0.508 e. The van der Waals surface area contributed by atoms with E-state index in [1.165, 1.54) is 0 Å². The third-order valence-corrected chi connectivity index (χ3v) is 4.67. The van der Waals surface area contributed by atoms with Crippen LogP contribution in [-0.4, -0.2) is 21.5 Å². The summed E-state index contributed by atoms with van der Waals surface area (Å²) >= 11 is 1.72. The fourth-order valence-corrected chi connectivity index (χ4v) is 3.16. The predicted octanol–water partition coefficient (Wildman–Crippen LogP) is 2.92. The summed E-state index contributed by atoms with van der Waals surface area (Å²) in [5, 5.41) is 12.3. The van der Waals surface area contributed by atoms with Gasteiger partial charge in [-0.3, -0.25) is 4.79 Å². The van der Waals surface area contributed by atoms with E-state index < -0.39 is 0 Å².